The molecule has 1 heterocycles. The Hall–Kier alpha value is -2.38. The van der Waals surface area contributed by atoms with Gasteiger partial charge in [0.2, 0.25) is 0 Å². The molecule has 0 aliphatic rings. The Morgan fingerprint density at radius 3 is 2.73 bits per heavy atom. The van der Waals surface area contributed by atoms with E-state index in [1.165, 1.54) is 11.3 Å². The number of rotatable bonds is 9. The lowest BCUT2D eigenvalue weighted by atomic mass is 10.2. The van der Waals surface area contributed by atoms with E-state index >= 15 is 0 Å². The van der Waals surface area contributed by atoms with Gasteiger partial charge in [0.05, 0.1) is 0 Å². The minimum absolute atomic E-state index is 0.130. The van der Waals surface area contributed by atoms with Crippen LogP contribution in [0.4, 0.5) is 0 Å². The van der Waals surface area contributed by atoms with Crippen molar-refractivity contribution in [2.75, 3.05) is 13.2 Å². The number of hydrogen-bond donors (Lipinski definition) is 2. The van der Waals surface area contributed by atoms with Crippen molar-refractivity contribution in [3.63, 3.8) is 0 Å². The standard InChI is InChI=1S/C18H19ClN2O4S/c19-15-4-1-3-13(9-15)10-21-16(22)11-25-17(23)5-2-7-20-18(24)14-6-8-26-12-14/h1,3-4,6,8-9,12H,2,5,7,10-11H2,(H,20,24)(H,21,22). The molecule has 1 aromatic heterocycles. The summed E-state index contributed by atoms with van der Waals surface area (Å²) in [5.41, 5.74) is 1.47. The highest BCUT2D eigenvalue weighted by Gasteiger charge is 2.09. The minimum atomic E-state index is -0.479. The number of esters is 1. The molecule has 8 heteroatoms. The fourth-order valence-electron chi connectivity index (χ4n) is 2.05. The van der Waals surface area contributed by atoms with E-state index in [0.29, 0.717) is 30.1 Å². The number of carbonyl (C=O) groups excluding carboxylic acids is 3. The van der Waals surface area contributed by atoms with Gasteiger partial charge in [0.1, 0.15) is 0 Å². The summed E-state index contributed by atoms with van der Waals surface area (Å²) in [5, 5.41) is 9.54. The number of carbonyl (C=O) groups is 3. The van der Waals surface area contributed by atoms with Crippen LogP contribution in [0.25, 0.3) is 0 Å². The highest BCUT2D eigenvalue weighted by molar-refractivity contribution is 7.08. The van der Waals surface area contributed by atoms with Crippen molar-refractivity contribution in [3.8, 4) is 0 Å². The van der Waals surface area contributed by atoms with Gasteiger partial charge in [0.25, 0.3) is 11.8 Å². The average Bonchev–Trinajstić information content (AvgIpc) is 3.16. The summed E-state index contributed by atoms with van der Waals surface area (Å²) in [6.07, 6.45) is 0.574. The summed E-state index contributed by atoms with van der Waals surface area (Å²) in [6.45, 7) is 0.344. The van der Waals surface area contributed by atoms with Crippen LogP contribution in [0.2, 0.25) is 5.02 Å². The fourth-order valence-corrected chi connectivity index (χ4v) is 2.90. The summed E-state index contributed by atoms with van der Waals surface area (Å²) < 4.78 is 4.91. The molecule has 0 radical (unpaired) electrons. The van der Waals surface area contributed by atoms with E-state index in [0.717, 1.165) is 5.56 Å². The Kier molecular flexibility index (Phi) is 8.11. The van der Waals surface area contributed by atoms with Crippen molar-refractivity contribution >= 4 is 40.7 Å². The second-order valence-corrected chi connectivity index (χ2v) is 6.66. The van der Waals surface area contributed by atoms with E-state index in [4.69, 9.17) is 16.3 Å². The number of ether oxygens (including phenoxy) is 1. The van der Waals surface area contributed by atoms with Gasteiger partial charge in [-0.25, -0.2) is 0 Å². The molecule has 2 aromatic rings. The quantitative estimate of drug-likeness (QED) is 0.506. The van der Waals surface area contributed by atoms with E-state index < -0.39 is 5.97 Å². The van der Waals surface area contributed by atoms with Crippen molar-refractivity contribution < 1.29 is 19.1 Å². The monoisotopic (exact) mass is 394 g/mol. The predicted molar refractivity (Wildman–Crippen MR) is 100 cm³/mol. The molecule has 138 valence electrons. The number of amides is 2. The number of thiophene rings is 1. The van der Waals surface area contributed by atoms with Gasteiger partial charge in [-0.3, -0.25) is 14.4 Å². The normalized spacial score (nSPS) is 10.2. The van der Waals surface area contributed by atoms with Crippen molar-refractivity contribution in [3.05, 3.63) is 57.2 Å². The highest BCUT2D eigenvalue weighted by atomic mass is 35.5. The Bertz CT molecular complexity index is 749. The molecular formula is C18H19ClN2O4S. The van der Waals surface area contributed by atoms with Crippen LogP contribution in [-0.2, 0) is 20.9 Å². The molecule has 0 aliphatic carbocycles. The number of hydrogen-bond acceptors (Lipinski definition) is 5. The Morgan fingerprint density at radius 1 is 1.15 bits per heavy atom. The molecule has 0 unspecified atom stereocenters. The third-order valence-electron chi connectivity index (χ3n) is 3.37. The SMILES string of the molecule is O=C(COC(=O)CCCNC(=O)c1ccsc1)NCc1cccc(Cl)c1. The molecule has 0 fully saturated rings. The van der Waals surface area contributed by atoms with Crippen molar-refractivity contribution in [2.24, 2.45) is 0 Å². The van der Waals surface area contributed by atoms with E-state index in [1.54, 1.807) is 29.6 Å². The first-order valence-electron chi connectivity index (χ1n) is 8.02. The van der Waals surface area contributed by atoms with Crippen molar-refractivity contribution in [1.82, 2.24) is 10.6 Å². The maximum Gasteiger partial charge on any atom is 0.306 e. The number of halogens is 1. The minimum Gasteiger partial charge on any atom is -0.456 e. The van der Waals surface area contributed by atoms with Gasteiger partial charge < -0.3 is 15.4 Å². The maximum absolute atomic E-state index is 11.7. The topological polar surface area (TPSA) is 84.5 Å². The summed E-state index contributed by atoms with van der Waals surface area (Å²) >= 11 is 7.31. The maximum atomic E-state index is 11.7. The molecule has 0 atom stereocenters. The first kappa shape index (κ1) is 19.9. The Labute approximate surface area is 160 Å². The zero-order chi connectivity index (χ0) is 18.8. The summed E-state index contributed by atoms with van der Waals surface area (Å²) in [4.78, 5) is 35.0. The molecule has 0 spiro atoms. The van der Waals surface area contributed by atoms with Gasteiger partial charge in [-0.15, -0.1) is 0 Å². The van der Waals surface area contributed by atoms with Gasteiger partial charge in [0.15, 0.2) is 6.61 Å². The molecule has 1 aromatic carbocycles. The molecule has 0 bridgehead atoms. The van der Waals surface area contributed by atoms with Gasteiger partial charge >= 0.3 is 5.97 Å². The molecule has 0 saturated heterocycles. The number of nitrogens with one attached hydrogen (secondary N) is 2. The lowest BCUT2D eigenvalue weighted by Crippen LogP contribution is -2.28. The molecule has 0 aliphatic heterocycles. The Morgan fingerprint density at radius 2 is 2.00 bits per heavy atom. The van der Waals surface area contributed by atoms with Gasteiger partial charge in [0, 0.05) is 35.5 Å². The first-order valence-corrected chi connectivity index (χ1v) is 9.34. The van der Waals surface area contributed by atoms with Crippen LogP contribution in [0, 0.1) is 0 Å². The second kappa shape index (κ2) is 10.6. The summed E-state index contributed by atoms with van der Waals surface area (Å²) in [5.74, 6) is -1.03. The molecular weight excluding hydrogens is 376 g/mol. The average molecular weight is 395 g/mol. The third kappa shape index (κ3) is 7.25. The number of benzene rings is 1. The smallest absolute Gasteiger partial charge is 0.306 e. The van der Waals surface area contributed by atoms with Gasteiger partial charge in [-0.1, -0.05) is 23.7 Å². The van der Waals surface area contributed by atoms with Gasteiger partial charge in [-0.2, -0.15) is 11.3 Å². The van der Waals surface area contributed by atoms with Crippen LogP contribution in [0.15, 0.2) is 41.1 Å². The van der Waals surface area contributed by atoms with E-state index in [9.17, 15) is 14.4 Å². The van der Waals surface area contributed by atoms with Crippen LogP contribution in [0.3, 0.4) is 0 Å². The van der Waals surface area contributed by atoms with Crippen LogP contribution >= 0.6 is 22.9 Å². The van der Waals surface area contributed by atoms with Crippen molar-refractivity contribution in [2.45, 2.75) is 19.4 Å². The summed E-state index contributed by atoms with van der Waals surface area (Å²) in [7, 11) is 0. The molecule has 2 N–H and O–H groups in total. The predicted octanol–water partition coefficient (Wildman–Crippen LogP) is 2.77. The van der Waals surface area contributed by atoms with Crippen LogP contribution in [0.5, 0.6) is 0 Å². The van der Waals surface area contributed by atoms with Crippen LogP contribution < -0.4 is 10.6 Å². The zero-order valence-electron chi connectivity index (χ0n) is 14.0. The first-order chi connectivity index (χ1) is 12.5. The molecule has 0 saturated carbocycles. The molecule has 6 nitrogen and oxygen atoms in total. The van der Waals surface area contributed by atoms with Gasteiger partial charge in [-0.05, 0) is 35.6 Å². The summed E-state index contributed by atoms with van der Waals surface area (Å²) in [6, 6.07) is 8.86. The zero-order valence-corrected chi connectivity index (χ0v) is 15.6. The Balaban J connectivity index is 1.55. The highest BCUT2D eigenvalue weighted by Crippen LogP contribution is 2.10. The lowest BCUT2D eigenvalue weighted by Gasteiger charge is -2.07. The molecule has 26 heavy (non-hydrogen) atoms. The third-order valence-corrected chi connectivity index (χ3v) is 4.29. The van der Waals surface area contributed by atoms with E-state index in [1.807, 2.05) is 11.4 Å². The molecule has 2 amide bonds. The second-order valence-electron chi connectivity index (χ2n) is 5.44. The fraction of sp³-hybridized carbons (Fsp3) is 0.278. The van der Waals surface area contributed by atoms with E-state index in [-0.39, 0.29) is 24.8 Å². The van der Waals surface area contributed by atoms with Crippen LogP contribution in [0.1, 0.15) is 28.8 Å². The lowest BCUT2D eigenvalue weighted by molar-refractivity contribution is -0.148. The molecule has 2 rings (SSSR count). The van der Waals surface area contributed by atoms with Crippen molar-refractivity contribution in [1.29, 1.82) is 0 Å². The van der Waals surface area contributed by atoms with Crippen LogP contribution in [-0.4, -0.2) is 30.9 Å². The van der Waals surface area contributed by atoms with E-state index in [2.05, 4.69) is 10.6 Å². The largest absolute Gasteiger partial charge is 0.456 e.